The van der Waals surface area contributed by atoms with Crippen LogP contribution in [-0.2, 0) is 23.7 Å². The van der Waals surface area contributed by atoms with E-state index in [0.29, 0.717) is 0 Å². The lowest BCUT2D eigenvalue weighted by Gasteiger charge is -2.45. The second kappa shape index (κ2) is 14.9. The molecule has 14 unspecified atom stereocenters. The van der Waals surface area contributed by atoms with Crippen LogP contribution in [0.4, 0.5) is 0 Å². The molecule has 3 fully saturated rings. The number of phenolic OH excluding ortho intramolecular Hbond substituents is 4. The van der Waals surface area contributed by atoms with Crippen molar-refractivity contribution in [1.82, 2.24) is 0 Å². The van der Waals surface area contributed by atoms with Gasteiger partial charge >= 0.3 is 0 Å². The van der Waals surface area contributed by atoms with E-state index in [1.54, 1.807) is 0 Å². The number of ether oxygens (including phenoxy) is 6. The van der Waals surface area contributed by atoms with Gasteiger partial charge in [-0.3, -0.25) is 4.79 Å². The number of phenols is 4. The molecular formula is C32H38O20. The fraction of sp³-hybridized carbons (Fsp3) is 0.531. The maximum absolute atomic E-state index is 13.7. The van der Waals surface area contributed by atoms with Crippen LogP contribution in [0.1, 0.15) is 6.92 Å². The van der Waals surface area contributed by atoms with Gasteiger partial charge in [-0.25, -0.2) is 0 Å². The van der Waals surface area contributed by atoms with Crippen molar-refractivity contribution in [3.63, 3.8) is 0 Å². The topological polar surface area (TPSA) is 328 Å². The van der Waals surface area contributed by atoms with Gasteiger partial charge in [0.15, 0.2) is 29.8 Å². The van der Waals surface area contributed by atoms with E-state index in [-0.39, 0.29) is 11.1 Å². The molecule has 20 nitrogen and oxygen atoms in total. The Morgan fingerprint density at radius 3 is 2.15 bits per heavy atom. The van der Waals surface area contributed by atoms with Crippen LogP contribution < -0.4 is 10.2 Å². The van der Waals surface area contributed by atoms with E-state index in [9.17, 15) is 66.1 Å². The lowest BCUT2D eigenvalue weighted by atomic mass is 9.98. The summed E-state index contributed by atoms with van der Waals surface area (Å²) in [5.41, 5.74) is -1.45. The number of fused-ring (bicyclic) bond motifs is 1. The molecular weight excluding hydrogens is 704 g/mol. The van der Waals surface area contributed by atoms with E-state index in [1.807, 2.05) is 0 Å². The van der Waals surface area contributed by atoms with Crippen molar-refractivity contribution in [2.45, 2.75) is 92.9 Å². The van der Waals surface area contributed by atoms with Crippen molar-refractivity contribution >= 4 is 11.0 Å². The lowest BCUT2D eigenvalue weighted by molar-refractivity contribution is -0.351. The Morgan fingerprint density at radius 2 is 1.44 bits per heavy atom. The van der Waals surface area contributed by atoms with Gasteiger partial charge in [-0.1, -0.05) is 0 Å². The maximum atomic E-state index is 13.7. The molecule has 4 heterocycles. The molecule has 0 radical (unpaired) electrons. The number of aliphatic hydroxyl groups excluding tert-OH is 8. The molecule has 3 saturated heterocycles. The van der Waals surface area contributed by atoms with Crippen molar-refractivity contribution < 1.29 is 94.1 Å². The molecule has 286 valence electrons. The van der Waals surface area contributed by atoms with Crippen LogP contribution in [0.5, 0.6) is 28.7 Å². The van der Waals surface area contributed by atoms with Crippen molar-refractivity contribution in [3.8, 4) is 40.1 Å². The number of rotatable bonds is 8. The molecule has 3 aliphatic rings. The molecule has 3 aliphatic heterocycles. The van der Waals surface area contributed by atoms with Crippen LogP contribution in [0.25, 0.3) is 22.3 Å². The number of benzene rings is 2. The van der Waals surface area contributed by atoms with E-state index >= 15 is 0 Å². The molecule has 0 spiro atoms. The van der Waals surface area contributed by atoms with Gasteiger partial charge in [0.05, 0.1) is 19.3 Å². The van der Waals surface area contributed by atoms with E-state index < -0.39 is 145 Å². The van der Waals surface area contributed by atoms with E-state index in [1.165, 1.54) is 13.0 Å². The highest BCUT2D eigenvalue weighted by atomic mass is 16.7. The van der Waals surface area contributed by atoms with Crippen molar-refractivity contribution in [1.29, 1.82) is 0 Å². The van der Waals surface area contributed by atoms with Gasteiger partial charge in [-0.2, -0.15) is 0 Å². The Kier molecular flexibility index (Phi) is 10.8. The SMILES string of the molecule is CC1OC(OCC2OC(Oc3c(-c4ccc(O)c(O)c4)oc4cc(O)cc(O)c4c3=O)C(O)C(O)C2O)C(O)C(OC2OCC(O)C(O)C2O)C1O. The zero-order valence-corrected chi connectivity index (χ0v) is 27.0. The summed E-state index contributed by atoms with van der Waals surface area (Å²) >= 11 is 0. The Hall–Kier alpha value is -3.87. The summed E-state index contributed by atoms with van der Waals surface area (Å²) in [4.78, 5) is 13.7. The Morgan fingerprint density at radius 1 is 0.731 bits per heavy atom. The minimum absolute atomic E-state index is 0.0637. The van der Waals surface area contributed by atoms with Gasteiger partial charge in [0.25, 0.3) is 0 Å². The molecule has 6 rings (SSSR count). The molecule has 12 N–H and O–H groups in total. The van der Waals surface area contributed by atoms with Crippen LogP contribution in [-0.4, -0.2) is 161 Å². The molecule has 20 heteroatoms. The zero-order chi connectivity index (χ0) is 37.8. The van der Waals surface area contributed by atoms with Crippen LogP contribution >= 0.6 is 0 Å². The number of hydrogen-bond donors (Lipinski definition) is 12. The fourth-order valence-corrected chi connectivity index (χ4v) is 6.04. The second-order valence-corrected chi connectivity index (χ2v) is 12.6. The molecule has 0 saturated carbocycles. The quantitative estimate of drug-likeness (QED) is 0.101. The van der Waals surface area contributed by atoms with Gasteiger partial charge in [-0.15, -0.1) is 0 Å². The molecule has 14 atom stereocenters. The first-order valence-electron chi connectivity index (χ1n) is 15.9. The summed E-state index contributed by atoms with van der Waals surface area (Å²) in [6.07, 6.45) is -23.3. The van der Waals surface area contributed by atoms with E-state index in [0.717, 1.165) is 24.3 Å². The monoisotopic (exact) mass is 742 g/mol. The molecule has 0 aliphatic carbocycles. The number of hydrogen-bond acceptors (Lipinski definition) is 20. The maximum Gasteiger partial charge on any atom is 0.239 e. The van der Waals surface area contributed by atoms with Gasteiger partial charge in [0.1, 0.15) is 83.5 Å². The lowest BCUT2D eigenvalue weighted by Crippen LogP contribution is -2.63. The smallest absolute Gasteiger partial charge is 0.239 e. The summed E-state index contributed by atoms with van der Waals surface area (Å²) in [6, 6.07) is 5.15. The first-order valence-corrected chi connectivity index (χ1v) is 15.9. The summed E-state index contributed by atoms with van der Waals surface area (Å²) < 4.78 is 39.1. The van der Waals surface area contributed by atoms with Crippen LogP contribution in [0.15, 0.2) is 39.5 Å². The third kappa shape index (κ3) is 7.09. The zero-order valence-electron chi connectivity index (χ0n) is 27.0. The average molecular weight is 743 g/mol. The highest BCUT2D eigenvalue weighted by Crippen LogP contribution is 2.39. The van der Waals surface area contributed by atoms with Gasteiger partial charge in [0, 0.05) is 17.7 Å². The Balaban J connectivity index is 1.24. The predicted octanol–water partition coefficient (Wildman–Crippen LogP) is -3.22. The summed E-state index contributed by atoms with van der Waals surface area (Å²) in [6.45, 7) is 0.281. The molecule has 3 aromatic rings. The molecule has 0 amide bonds. The van der Waals surface area contributed by atoms with Crippen LogP contribution in [0.3, 0.4) is 0 Å². The van der Waals surface area contributed by atoms with Gasteiger partial charge in [0.2, 0.25) is 17.5 Å². The summed E-state index contributed by atoms with van der Waals surface area (Å²) in [7, 11) is 0. The number of aliphatic hydroxyl groups is 8. The third-order valence-corrected chi connectivity index (χ3v) is 9.01. The highest BCUT2D eigenvalue weighted by Gasteiger charge is 2.50. The Labute approximate surface area is 292 Å². The minimum atomic E-state index is -2.03. The van der Waals surface area contributed by atoms with Crippen molar-refractivity contribution in [2.24, 2.45) is 0 Å². The van der Waals surface area contributed by atoms with Crippen LogP contribution in [0, 0.1) is 0 Å². The summed E-state index contributed by atoms with van der Waals surface area (Å²) in [5.74, 6) is -3.51. The first-order chi connectivity index (χ1) is 24.6. The van der Waals surface area contributed by atoms with Gasteiger partial charge < -0.3 is 94.1 Å². The fourth-order valence-electron chi connectivity index (χ4n) is 6.04. The second-order valence-electron chi connectivity index (χ2n) is 12.6. The third-order valence-electron chi connectivity index (χ3n) is 9.01. The number of aromatic hydroxyl groups is 4. The largest absolute Gasteiger partial charge is 0.508 e. The highest BCUT2D eigenvalue weighted by molar-refractivity contribution is 5.88. The first kappa shape index (κ1) is 37.9. The van der Waals surface area contributed by atoms with Gasteiger partial charge in [-0.05, 0) is 25.1 Å². The minimum Gasteiger partial charge on any atom is -0.508 e. The standard InChI is InChI=1S/C32H38O20/c1-9-19(38)28(51-30-24(43)20(39)15(37)7-46-30)26(45)31(48-9)47-8-17-21(40)23(42)25(44)32(50-17)52-29-22(41)18-14(36)5-11(33)6-16(18)49-27(29)10-2-3-12(34)13(35)4-10/h2-6,9,15,17,19-21,23-26,28,30-40,42-45H,7-8H2,1H3. The summed E-state index contributed by atoms with van der Waals surface area (Å²) in [5, 5.41) is 124. The van der Waals surface area contributed by atoms with Crippen molar-refractivity contribution in [3.05, 3.63) is 40.6 Å². The van der Waals surface area contributed by atoms with Crippen molar-refractivity contribution in [2.75, 3.05) is 13.2 Å². The predicted molar refractivity (Wildman–Crippen MR) is 167 cm³/mol. The Bertz CT molecular complexity index is 1800. The van der Waals surface area contributed by atoms with E-state index in [2.05, 4.69) is 0 Å². The average Bonchev–Trinajstić information content (AvgIpc) is 3.10. The molecule has 0 bridgehead atoms. The molecule has 52 heavy (non-hydrogen) atoms. The molecule has 2 aromatic carbocycles. The van der Waals surface area contributed by atoms with Crippen LogP contribution in [0.2, 0.25) is 0 Å². The molecule has 1 aromatic heterocycles. The van der Waals surface area contributed by atoms with E-state index in [4.69, 9.17) is 32.8 Å². The normalized spacial score (nSPS) is 36.9.